The van der Waals surface area contributed by atoms with Gasteiger partial charge in [-0.3, -0.25) is 5.32 Å². The Hall–Kier alpha value is -1.63. The molecule has 19 heavy (non-hydrogen) atoms. The molecule has 0 radical (unpaired) electrons. The number of carbonyl (C=O) groups excluding carboxylic acids is 1. The average molecular weight is 283 g/mol. The van der Waals surface area contributed by atoms with Crippen LogP contribution in [0.1, 0.15) is 44.2 Å². The fourth-order valence-electron chi connectivity index (χ4n) is 1.75. The summed E-state index contributed by atoms with van der Waals surface area (Å²) in [6.07, 6.45) is 3.42. The third-order valence-corrected chi connectivity index (χ3v) is 3.69. The van der Waals surface area contributed by atoms with Crippen molar-refractivity contribution in [3.8, 4) is 0 Å². The minimum Gasteiger partial charge on any atom is -0.480 e. The summed E-state index contributed by atoms with van der Waals surface area (Å²) in [7, 11) is 0. The number of rotatable bonds is 6. The number of thiazole rings is 1. The first kappa shape index (κ1) is 13.8. The molecular weight excluding hydrogens is 266 g/mol. The van der Waals surface area contributed by atoms with Crippen LogP contribution in [0.4, 0.5) is 9.93 Å². The van der Waals surface area contributed by atoms with Crippen molar-refractivity contribution >= 4 is 28.5 Å². The Kier molecular flexibility index (Phi) is 4.36. The highest BCUT2D eigenvalue weighted by molar-refractivity contribution is 7.13. The van der Waals surface area contributed by atoms with Crippen molar-refractivity contribution in [1.29, 1.82) is 0 Å². The molecule has 1 aliphatic carbocycles. The summed E-state index contributed by atoms with van der Waals surface area (Å²) in [5.41, 5.74) is 1.02. The van der Waals surface area contributed by atoms with Crippen LogP contribution >= 0.6 is 11.3 Å². The van der Waals surface area contributed by atoms with E-state index in [1.807, 2.05) is 12.3 Å². The smallest absolute Gasteiger partial charge is 0.326 e. The van der Waals surface area contributed by atoms with Crippen LogP contribution in [0.3, 0.4) is 0 Å². The van der Waals surface area contributed by atoms with Gasteiger partial charge in [0.25, 0.3) is 0 Å². The second kappa shape index (κ2) is 6.01. The first-order valence-electron chi connectivity index (χ1n) is 6.36. The maximum absolute atomic E-state index is 11.7. The number of carboxylic acids is 1. The molecular formula is C12H17N3O3S. The lowest BCUT2D eigenvalue weighted by Gasteiger charge is -2.13. The highest BCUT2D eigenvalue weighted by Crippen LogP contribution is 2.40. The lowest BCUT2D eigenvalue weighted by atomic mass is 10.2. The number of aliphatic carboxylic acids is 1. The second-order valence-corrected chi connectivity index (χ2v) is 5.49. The molecule has 1 aromatic rings. The maximum atomic E-state index is 11.7. The Morgan fingerprint density at radius 2 is 2.32 bits per heavy atom. The quantitative estimate of drug-likeness (QED) is 0.747. The molecule has 2 rings (SSSR count). The van der Waals surface area contributed by atoms with Gasteiger partial charge in [-0.2, -0.15) is 0 Å². The first-order chi connectivity index (χ1) is 9.10. The molecule has 1 saturated carbocycles. The molecule has 0 unspecified atom stereocenters. The standard InChI is InChI=1S/C12H17N3O3S/c1-2-3-8(10(16)17)13-11(18)15-12-14-9(6-19-12)7-4-5-7/h6-8H,2-5H2,1H3,(H,16,17)(H2,13,14,15,18)/t8-/m1/s1. The lowest BCUT2D eigenvalue weighted by molar-refractivity contribution is -0.139. The fourth-order valence-corrected chi connectivity index (χ4v) is 2.53. The van der Waals surface area contributed by atoms with Gasteiger partial charge in [0, 0.05) is 11.3 Å². The van der Waals surface area contributed by atoms with Crippen LogP contribution in [0.15, 0.2) is 5.38 Å². The number of hydrogen-bond acceptors (Lipinski definition) is 4. The molecule has 0 bridgehead atoms. The van der Waals surface area contributed by atoms with Gasteiger partial charge in [0.15, 0.2) is 5.13 Å². The zero-order chi connectivity index (χ0) is 13.8. The van der Waals surface area contributed by atoms with E-state index in [-0.39, 0.29) is 0 Å². The highest BCUT2D eigenvalue weighted by atomic mass is 32.1. The van der Waals surface area contributed by atoms with Crippen molar-refractivity contribution in [3.63, 3.8) is 0 Å². The molecule has 7 heteroatoms. The van der Waals surface area contributed by atoms with E-state index in [1.165, 1.54) is 11.3 Å². The van der Waals surface area contributed by atoms with E-state index in [0.29, 0.717) is 23.9 Å². The van der Waals surface area contributed by atoms with Crippen molar-refractivity contribution in [2.45, 2.75) is 44.6 Å². The van der Waals surface area contributed by atoms with Gasteiger partial charge in [-0.15, -0.1) is 11.3 Å². The Balaban J connectivity index is 1.86. The summed E-state index contributed by atoms with van der Waals surface area (Å²) in [5, 5.41) is 16.4. The number of aromatic nitrogens is 1. The van der Waals surface area contributed by atoms with Crippen LogP contribution in [-0.2, 0) is 4.79 Å². The number of urea groups is 1. The van der Waals surface area contributed by atoms with Gasteiger partial charge < -0.3 is 10.4 Å². The van der Waals surface area contributed by atoms with Crippen molar-refractivity contribution in [2.75, 3.05) is 5.32 Å². The summed E-state index contributed by atoms with van der Waals surface area (Å²) >= 11 is 1.36. The van der Waals surface area contributed by atoms with Crippen LogP contribution in [-0.4, -0.2) is 28.1 Å². The van der Waals surface area contributed by atoms with Crippen LogP contribution in [0.5, 0.6) is 0 Å². The largest absolute Gasteiger partial charge is 0.480 e. The van der Waals surface area contributed by atoms with E-state index in [9.17, 15) is 9.59 Å². The molecule has 0 aliphatic heterocycles. The number of carbonyl (C=O) groups is 2. The predicted octanol–water partition coefficient (Wildman–Crippen LogP) is 2.40. The minimum atomic E-state index is -1.02. The van der Waals surface area contributed by atoms with E-state index < -0.39 is 18.0 Å². The van der Waals surface area contributed by atoms with Crippen LogP contribution in [0.2, 0.25) is 0 Å². The maximum Gasteiger partial charge on any atom is 0.326 e. The molecule has 0 spiro atoms. The number of hydrogen-bond donors (Lipinski definition) is 3. The lowest BCUT2D eigenvalue weighted by Crippen LogP contribution is -2.42. The Labute approximate surface area is 115 Å². The molecule has 0 saturated heterocycles. The monoisotopic (exact) mass is 283 g/mol. The molecule has 0 aromatic carbocycles. The third kappa shape index (κ3) is 3.92. The number of anilines is 1. The minimum absolute atomic E-state index is 0.411. The Morgan fingerprint density at radius 3 is 2.89 bits per heavy atom. The zero-order valence-electron chi connectivity index (χ0n) is 10.7. The van der Waals surface area contributed by atoms with E-state index in [1.54, 1.807) is 0 Å². The number of nitrogens with zero attached hydrogens (tertiary/aromatic N) is 1. The average Bonchev–Trinajstić information content (AvgIpc) is 3.10. The molecule has 104 valence electrons. The van der Waals surface area contributed by atoms with E-state index >= 15 is 0 Å². The number of carboxylic acid groups (broad SMARTS) is 1. The van der Waals surface area contributed by atoms with Gasteiger partial charge in [-0.1, -0.05) is 13.3 Å². The topological polar surface area (TPSA) is 91.3 Å². The van der Waals surface area contributed by atoms with Gasteiger partial charge >= 0.3 is 12.0 Å². The van der Waals surface area contributed by atoms with Crippen LogP contribution < -0.4 is 10.6 Å². The van der Waals surface area contributed by atoms with E-state index in [2.05, 4.69) is 15.6 Å². The SMILES string of the molecule is CCC[C@@H](NC(=O)Nc1nc(C2CC2)cs1)C(=O)O. The predicted molar refractivity (Wildman–Crippen MR) is 72.6 cm³/mol. The summed E-state index contributed by atoms with van der Waals surface area (Å²) in [4.78, 5) is 26.9. The van der Waals surface area contributed by atoms with Gasteiger partial charge in [0.2, 0.25) is 0 Å². The summed E-state index contributed by atoms with van der Waals surface area (Å²) < 4.78 is 0. The fraction of sp³-hybridized carbons (Fsp3) is 0.583. The van der Waals surface area contributed by atoms with Crippen LogP contribution in [0.25, 0.3) is 0 Å². The third-order valence-electron chi connectivity index (χ3n) is 2.92. The van der Waals surface area contributed by atoms with Gasteiger partial charge in [-0.05, 0) is 19.3 Å². The van der Waals surface area contributed by atoms with E-state index in [0.717, 1.165) is 18.5 Å². The number of nitrogens with one attached hydrogen (secondary N) is 2. The molecule has 3 N–H and O–H groups in total. The van der Waals surface area contributed by atoms with Crippen molar-refractivity contribution < 1.29 is 14.7 Å². The Bertz CT molecular complexity index is 471. The molecule has 6 nitrogen and oxygen atoms in total. The number of amides is 2. The summed E-state index contributed by atoms with van der Waals surface area (Å²) in [6, 6.07) is -1.37. The molecule has 1 atom stereocenters. The first-order valence-corrected chi connectivity index (χ1v) is 7.24. The highest BCUT2D eigenvalue weighted by Gasteiger charge is 2.26. The van der Waals surface area contributed by atoms with Crippen molar-refractivity contribution in [1.82, 2.24) is 10.3 Å². The molecule has 1 heterocycles. The zero-order valence-corrected chi connectivity index (χ0v) is 11.5. The van der Waals surface area contributed by atoms with Crippen LogP contribution in [0, 0.1) is 0 Å². The Morgan fingerprint density at radius 1 is 1.58 bits per heavy atom. The summed E-state index contributed by atoms with van der Waals surface area (Å²) in [6.45, 7) is 1.87. The van der Waals surface area contributed by atoms with E-state index in [4.69, 9.17) is 5.11 Å². The van der Waals surface area contributed by atoms with Crippen molar-refractivity contribution in [3.05, 3.63) is 11.1 Å². The van der Waals surface area contributed by atoms with Gasteiger partial charge in [0.1, 0.15) is 6.04 Å². The van der Waals surface area contributed by atoms with Crippen molar-refractivity contribution in [2.24, 2.45) is 0 Å². The normalized spacial score (nSPS) is 15.8. The van der Waals surface area contributed by atoms with Gasteiger partial charge in [0.05, 0.1) is 5.69 Å². The molecule has 1 aliphatic rings. The van der Waals surface area contributed by atoms with Gasteiger partial charge in [-0.25, -0.2) is 14.6 Å². The summed E-state index contributed by atoms with van der Waals surface area (Å²) in [5.74, 6) is -0.475. The second-order valence-electron chi connectivity index (χ2n) is 4.63. The molecule has 1 aromatic heterocycles. The molecule has 1 fully saturated rings. The molecule has 2 amide bonds.